The molecular weight excluding hydrogens is 215 g/mol. The third-order valence-electron chi connectivity index (χ3n) is 3.27. The Morgan fingerprint density at radius 2 is 1.69 bits per heavy atom. The second-order valence-electron chi connectivity index (χ2n) is 4.24. The SMILES string of the molecule is CN(c1ccc(F)c(F)c1F)C1CCCC1. The molecule has 4 heteroatoms. The van der Waals surface area contributed by atoms with Crippen LogP contribution in [0.3, 0.4) is 0 Å². The molecule has 0 atom stereocenters. The maximum absolute atomic E-state index is 13.5. The number of halogens is 3. The summed E-state index contributed by atoms with van der Waals surface area (Å²) >= 11 is 0. The number of hydrogen-bond donors (Lipinski definition) is 0. The number of anilines is 1. The van der Waals surface area contributed by atoms with E-state index < -0.39 is 17.5 Å². The van der Waals surface area contributed by atoms with Gasteiger partial charge in [-0.15, -0.1) is 0 Å². The molecule has 0 amide bonds. The fourth-order valence-corrected chi connectivity index (χ4v) is 2.28. The van der Waals surface area contributed by atoms with Crippen LogP contribution in [-0.2, 0) is 0 Å². The monoisotopic (exact) mass is 229 g/mol. The highest BCUT2D eigenvalue weighted by atomic mass is 19.2. The first-order valence-electron chi connectivity index (χ1n) is 5.47. The van der Waals surface area contributed by atoms with Crippen LogP contribution in [0.5, 0.6) is 0 Å². The first-order chi connectivity index (χ1) is 7.61. The van der Waals surface area contributed by atoms with E-state index >= 15 is 0 Å². The van der Waals surface area contributed by atoms with E-state index in [9.17, 15) is 13.2 Å². The van der Waals surface area contributed by atoms with E-state index in [1.165, 1.54) is 6.07 Å². The number of hydrogen-bond acceptors (Lipinski definition) is 1. The van der Waals surface area contributed by atoms with Gasteiger partial charge in [-0.3, -0.25) is 0 Å². The Hall–Kier alpha value is -1.19. The van der Waals surface area contributed by atoms with Gasteiger partial charge in [0.2, 0.25) is 0 Å². The van der Waals surface area contributed by atoms with E-state index in [0.717, 1.165) is 31.7 Å². The zero-order valence-corrected chi connectivity index (χ0v) is 9.14. The molecule has 1 nitrogen and oxygen atoms in total. The molecule has 0 spiro atoms. The average molecular weight is 229 g/mol. The number of nitrogens with zero attached hydrogens (tertiary/aromatic N) is 1. The Labute approximate surface area is 92.9 Å². The molecule has 1 saturated carbocycles. The van der Waals surface area contributed by atoms with Crippen molar-refractivity contribution >= 4 is 5.69 Å². The van der Waals surface area contributed by atoms with Crippen LogP contribution < -0.4 is 4.90 Å². The quantitative estimate of drug-likeness (QED) is 0.702. The molecule has 1 aromatic rings. The second kappa shape index (κ2) is 4.36. The highest BCUT2D eigenvalue weighted by molar-refractivity contribution is 5.48. The summed E-state index contributed by atoms with van der Waals surface area (Å²) in [5.41, 5.74) is 0.144. The molecule has 16 heavy (non-hydrogen) atoms. The molecule has 0 N–H and O–H groups in total. The van der Waals surface area contributed by atoms with E-state index in [2.05, 4.69) is 0 Å². The van der Waals surface area contributed by atoms with Crippen LogP contribution in [-0.4, -0.2) is 13.1 Å². The topological polar surface area (TPSA) is 3.24 Å². The van der Waals surface area contributed by atoms with Crippen molar-refractivity contribution in [3.8, 4) is 0 Å². The van der Waals surface area contributed by atoms with E-state index in [0.29, 0.717) is 0 Å². The van der Waals surface area contributed by atoms with Crippen LogP contribution in [0.2, 0.25) is 0 Å². The van der Waals surface area contributed by atoms with Crippen molar-refractivity contribution in [1.29, 1.82) is 0 Å². The lowest BCUT2D eigenvalue weighted by atomic mass is 10.2. The fraction of sp³-hybridized carbons (Fsp3) is 0.500. The Balaban J connectivity index is 2.29. The maximum Gasteiger partial charge on any atom is 0.196 e. The summed E-state index contributed by atoms with van der Waals surface area (Å²) in [6, 6.07) is 2.50. The van der Waals surface area contributed by atoms with Gasteiger partial charge in [-0.05, 0) is 25.0 Å². The minimum absolute atomic E-state index is 0.144. The highest BCUT2D eigenvalue weighted by Crippen LogP contribution is 2.30. The average Bonchev–Trinajstić information content (AvgIpc) is 2.79. The molecule has 0 aliphatic heterocycles. The number of benzene rings is 1. The summed E-state index contributed by atoms with van der Waals surface area (Å²) in [6.45, 7) is 0. The zero-order valence-electron chi connectivity index (χ0n) is 9.14. The molecule has 0 aromatic heterocycles. The molecule has 1 fully saturated rings. The third kappa shape index (κ3) is 1.88. The van der Waals surface area contributed by atoms with Crippen LogP contribution in [0.1, 0.15) is 25.7 Å². The van der Waals surface area contributed by atoms with E-state index in [4.69, 9.17) is 0 Å². The Kier molecular flexibility index (Phi) is 3.08. The molecule has 0 radical (unpaired) electrons. The molecule has 0 bridgehead atoms. The summed E-state index contributed by atoms with van der Waals surface area (Å²) < 4.78 is 39.3. The highest BCUT2D eigenvalue weighted by Gasteiger charge is 2.24. The largest absolute Gasteiger partial charge is 0.369 e. The maximum atomic E-state index is 13.5. The summed E-state index contributed by atoms with van der Waals surface area (Å²) in [5.74, 6) is -3.61. The molecule has 0 heterocycles. The van der Waals surface area contributed by atoms with Crippen molar-refractivity contribution in [3.63, 3.8) is 0 Å². The van der Waals surface area contributed by atoms with Gasteiger partial charge >= 0.3 is 0 Å². The molecule has 88 valence electrons. The van der Waals surface area contributed by atoms with Crippen molar-refractivity contribution < 1.29 is 13.2 Å². The second-order valence-corrected chi connectivity index (χ2v) is 4.24. The van der Waals surface area contributed by atoms with Crippen LogP contribution in [0.4, 0.5) is 18.9 Å². The smallest absolute Gasteiger partial charge is 0.196 e. The minimum atomic E-state index is -1.39. The molecule has 1 aliphatic rings. The molecular formula is C12H14F3N. The van der Waals surface area contributed by atoms with E-state index in [1.807, 2.05) is 0 Å². The van der Waals surface area contributed by atoms with Crippen molar-refractivity contribution in [2.45, 2.75) is 31.7 Å². The van der Waals surface area contributed by atoms with Crippen LogP contribution in [0.15, 0.2) is 12.1 Å². The normalized spacial score (nSPS) is 16.8. The first-order valence-corrected chi connectivity index (χ1v) is 5.47. The predicted molar refractivity (Wildman–Crippen MR) is 57.0 cm³/mol. The van der Waals surface area contributed by atoms with Gasteiger partial charge in [0.15, 0.2) is 17.5 Å². The summed E-state index contributed by atoms with van der Waals surface area (Å²) in [5, 5.41) is 0. The summed E-state index contributed by atoms with van der Waals surface area (Å²) in [6.07, 6.45) is 4.18. The molecule has 1 aliphatic carbocycles. The van der Waals surface area contributed by atoms with Gasteiger partial charge < -0.3 is 4.90 Å². The summed E-state index contributed by atoms with van der Waals surface area (Å²) in [7, 11) is 1.73. The molecule has 0 unspecified atom stereocenters. The van der Waals surface area contributed by atoms with Gasteiger partial charge in [0.25, 0.3) is 0 Å². The lowest BCUT2D eigenvalue weighted by Gasteiger charge is -2.26. The first kappa shape index (κ1) is 11.3. The van der Waals surface area contributed by atoms with Crippen molar-refractivity contribution in [1.82, 2.24) is 0 Å². The Bertz CT molecular complexity index is 386. The van der Waals surface area contributed by atoms with Crippen molar-refractivity contribution in [2.75, 3.05) is 11.9 Å². The van der Waals surface area contributed by atoms with Gasteiger partial charge in [-0.2, -0.15) is 0 Å². The van der Waals surface area contributed by atoms with Gasteiger partial charge in [-0.1, -0.05) is 12.8 Å². The lowest BCUT2D eigenvalue weighted by Crippen LogP contribution is -2.29. The Morgan fingerprint density at radius 3 is 2.31 bits per heavy atom. The summed E-state index contributed by atoms with van der Waals surface area (Å²) in [4.78, 5) is 1.71. The number of rotatable bonds is 2. The molecule has 0 saturated heterocycles. The zero-order chi connectivity index (χ0) is 11.7. The fourth-order valence-electron chi connectivity index (χ4n) is 2.28. The van der Waals surface area contributed by atoms with Crippen LogP contribution >= 0.6 is 0 Å². The Morgan fingerprint density at radius 1 is 1.06 bits per heavy atom. The molecule has 1 aromatic carbocycles. The third-order valence-corrected chi connectivity index (χ3v) is 3.27. The van der Waals surface area contributed by atoms with Crippen molar-refractivity contribution in [3.05, 3.63) is 29.6 Å². The standard InChI is InChI=1S/C12H14F3N/c1-16(8-4-2-3-5-8)10-7-6-9(13)11(14)12(10)15/h6-8H,2-5H2,1H3. The van der Waals surface area contributed by atoms with Gasteiger partial charge in [-0.25, -0.2) is 13.2 Å². The van der Waals surface area contributed by atoms with Gasteiger partial charge in [0.05, 0.1) is 5.69 Å². The lowest BCUT2D eigenvalue weighted by molar-refractivity contribution is 0.445. The predicted octanol–water partition coefficient (Wildman–Crippen LogP) is 3.48. The van der Waals surface area contributed by atoms with E-state index in [1.54, 1.807) is 11.9 Å². The molecule has 2 rings (SSSR count). The van der Waals surface area contributed by atoms with Crippen LogP contribution in [0.25, 0.3) is 0 Å². The van der Waals surface area contributed by atoms with Crippen LogP contribution in [0, 0.1) is 17.5 Å². The van der Waals surface area contributed by atoms with Gasteiger partial charge in [0.1, 0.15) is 0 Å². The van der Waals surface area contributed by atoms with Gasteiger partial charge in [0, 0.05) is 13.1 Å². The minimum Gasteiger partial charge on any atom is -0.369 e. The van der Waals surface area contributed by atoms with E-state index in [-0.39, 0.29) is 11.7 Å². The van der Waals surface area contributed by atoms with Crippen molar-refractivity contribution in [2.24, 2.45) is 0 Å².